The van der Waals surface area contributed by atoms with Crippen molar-refractivity contribution in [1.82, 2.24) is 0 Å². The van der Waals surface area contributed by atoms with Crippen LogP contribution in [-0.4, -0.2) is 21.3 Å². The van der Waals surface area contributed by atoms with Crippen molar-refractivity contribution in [3.8, 4) is 0 Å². The predicted molar refractivity (Wildman–Crippen MR) is 103 cm³/mol. The summed E-state index contributed by atoms with van der Waals surface area (Å²) in [6.45, 7) is 2.27. The van der Waals surface area contributed by atoms with Crippen molar-refractivity contribution in [3.05, 3.63) is 0 Å². The Morgan fingerprint density at radius 2 is 0.960 bits per heavy atom. The van der Waals surface area contributed by atoms with Crippen LogP contribution in [0.15, 0.2) is 0 Å². The van der Waals surface area contributed by atoms with Gasteiger partial charge >= 0.3 is 29.6 Å². The smallest absolute Gasteiger partial charge is 1.00 e. The fraction of sp³-hybridized carbons (Fsp3) is 1.00. The molecule has 0 heterocycles. The molecule has 25 heavy (non-hydrogen) atoms. The molecule has 0 spiro atoms. The van der Waals surface area contributed by atoms with Gasteiger partial charge in [-0.05, 0) is 6.42 Å². The first kappa shape index (κ1) is 28.1. The van der Waals surface area contributed by atoms with Crippen molar-refractivity contribution in [3.63, 3.8) is 0 Å². The zero-order valence-corrected chi connectivity index (χ0v) is 19.9. The largest absolute Gasteiger partial charge is 1.00 e. The first-order valence-electron chi connectivity index (χ1n) is 10.1. The van der Waals surface area contributed by atoms with Crippen molar-refractivity contribution in [1.29, 1.82) is 0 Å². The van der Waals surface area contributed by atoms with Crippen LogP contribution >= 0.6 is 0 Å². The molecule has 0 amide bonds. The summed E-state index contributed by atoms with van der Waals surface area (Å²) in [6, 6.07) is 0. The molecular weight excluding hydrogens is 347 g/mol. The summed E-state index contributed by atoms with van der Waals surface area (Å²) >= 11 is 0. The van der Waals surface area contributed by atoms with Crippen LogP contribution in [-0.2, 0) is 19.3 Å². The van der Waals surface area contributed by atoms with Crippen LogP contribution in [0.5, 0.6) is 0 Å². The molecule has 0 radical (unpaired) electrons. The zero-order valence-electron chi connectivity index (χ0n) is 18.1. The van der Waals surface area contributed by atoms with E-state index in [0.717, 1.165) is 12.8 Å². The van der Waals surface area contributed by atoms with Crippen molar-refractivity contribution < 1.29 is 48.6 Å². The van der Waals surface area contributed by atoms with E-state index in [9.17, 15) is 8.42 Å². The van der Waals surface area contributed by atoms with E-state index in [-0.39, 0.29) is 36.7 Å². The summed E-state index contributed by atoms with van der Waals surface area (Å²) in [7, 11) is -2.26. The van der Waals surface area contributed by atoms with Crippen LogP contribution in [0.3, 0.4) is 0 Å². The number of hydrogen-bond donors (Lipinski definition) is 0. The van der Waals surface area contributed by atoms with Gasteiger partial charge < -0.3 is 1.43 Å². The van der Waals surface area contributed by atoms with Gasteiger partial charge in [0.1, 0.15) is 0 Å². The van der Waals surface area contributed by atoms with E-state index in [2.05, 4.69) is 16.1 Å². The second-order valence-electron chi connectivity index (χ2n) is 6.80. The van der Waals surface area contributed by atoms with E-state index in [1.807, 2.05) is 0 Å². The number of hydrogen-bond acceptors (Lipinski definition) is 4. The van der Waals surface area contributed by atoms with Gasteiger partial charge in [-0.3, -0.25) is 0 Å². The molecule has 0 saturated heterocycles. The van der Waals surface area contributed by atoms with E-state index in [1.165, 1.54) is 90.6 Å². The molecule has 0 N–H and O–H groups in total. The molecule has 0 bridgehead atoms. The average Bonchev–Trinajstić information content (AvgIpc) is 2.54. The van der Waals surface area contributed by atoms with Crippen molar-refractivity contribution in [2.45, 2.75) is 110 Å². The van der Waals surface area contributed by atoms with Gasteiger partial charge in [0.15, 0.2) is 0 Å². The molecule has 0 aliphatic rings. The first-order chi connectivity index (χ1) is 11.6. The molecular formula is C19H41NaO4S. The van der Waals surface area contributed by atoms with Crippen LogP contribution < -0.4 is 29.6 Å². The SMILES string of the molecule is CCCCCCCCCCCCCCCCCCS(=O)(=O)OOC.[H-].[Na+]. The van der Waals surface area contributed by atoms with Crippen molar-refractivity contribution in [2.75, 3.05) is 12.9 Å². The molecule has 0 aromatic rings. The Morgan fingerprint density at radius 1 is 0.640 bits per heavy atom. The average molecular weight is 389 g/mol. The maximum absolute atomic E-state index is 11.2. The minimum atomic E-state index is -3.47. The Balaban J connectivity index is -0.00000264. The third kappa shape index (κ3) is 22.8. The summed E-state index contributed by atoms with van der Waals surface area (Å²) in [5.41, 5.74) is 0. The van der Waals surface area contributed by atoms with E-state index < -0.39 is 10.1 Å². The first-order valence-corrected chi connectivity index (χ1v) is 11.6. The standard InChI is InChI=1S/C19H40O4S.Na.H/c1-3-4-5-6-7-8-9-10-11-12-13-14-15-16-17-18-19-24(20,21)23-22-2;;/h3-19H2,1-2H3;;/q;+1;-1. The van der Waals surface area contributed by atoms with Crippen LogP contribution in [0.1, 0.15) is 111 Å². The number of unbranched alkanes of at least 4 members (excludes halogenated alkanes) is 15. The van der Waals surface area contributed by atoms with Crippen molar-refractivity contribution in [2.24, 2.45) is 0 Å². The van der Waals surface area contributed by atoms with Crippen molar-refractivity contribution >= 4 is 10.1 Å². The molecule has 0 rings (SSSR count). The minimum Gasteiger partial charge on any atom is -1.00 e. The molecule has 4 nitrogen and oxygen atoms in total. The molecule has 0 atom stereocenters. The predicted octanol–water partition coefficient (Wildman–Crippen LogP) is 3.27. The van der Waals surface area contributed by atoms with E-state index in [4.69, 9.17) is 0 Å². The molecule has 0 aliphatic carbocycles. The topological polar surface area (TPSA) is 52.6 Å². The third-order valence-electron chi connectivity index (χ3n) is 4.42. The Labute approximate surface area is 180 Å². The summed E-state index contributed by atoms with van der Waals surface area (Å²) in [6.07, 6.45) is 20.5. The van der Waals surface area contributed by atoms with E-state index in [0.29, 0.717) is 6.42 Å². The second kappa shape index (κ2) is 21.2. The van der Waals surface area contributed by atoms with E-state index in [1.54, 1.807) is 0 Å². The van der Waals surface area contributed by atoms with Gasteiger partial charge in [-0.1, -0.05) is 103 Å². The Hall–Kier alpha value is 0.870. The molecule has 0 saturated carbocycles. The van der Waals surface area contributed by atoms with Gasteiger partial charge in [-0.2, -0.15) is 8.42 Å². The van der Waals surface area contributed by atoms with Gasteiger partial charge in [0.2, 0.25) is 0 Å². The molecule has 0 fully saturated rings. The molecule has 0 aliphatic heterocycles. The Morgan fingerprint density at radius 3 is 1.28 bits per heavy atom. The summed E-state index contributed by atoms with van der Waals surface area (Å²) in [4.78, 5) is 4.20. The van der Waals surface area contributed by atoms with E-state index >= 15 is 0 Å². The van der Waals surface area contributed by atoms with Crippen LogP contribution in [0.25, 0.3) is 0 Å². The maximum atomic E-state index is 11.2. The minimum absolute atomic E-state index is 0. The molecule has 0 unspecified atom stereocenters. The normalized spacial score (nSPS) is 11.4. The zero-order chi connectivity index (χ0) is 17.9. The van der Waals surface area contributed by atoms with Crippen LogP contribution in [0.2, 0.25) is 0 Å². The molecule has 148 valence electrons. The molecule has 0 aromatic carbocycles. The summed E-state index contributed by atoms with van der Waals surface area (Å²) < 4.78 is 26.7. The van der Waals surface area contributed by atoms with Gasteiger partial charge in [0, 0.05) is 0 Å². The third-order valence-corrected chi connectivity index (χ3v) is 5.55. The molecule has 0 aromatic heterocycles. The summed E-state index contributed by atoms with van der Waals surface area (Å²) in [5.74, 6) is 0.0548. The Bertz CT molecular complexity index is 353. The van der Waals surface area contributed by atoms with Crippen LogP contribution in [0.4, 0.5) is 0 Å². The van der Waals surface area contributed by atoms with Gasteiger partial charge in [-0.15, -0.1) is 4.33 Å². The van der Waals surface area contributed by atoms with Gasteiger partial charge in [0.25, 0.3) is 10.1 Å². The quantitative estimate of drug-likeness (QED) is 0.147. The van der Waals surface area contributed by atoms with Gasteiger partial charge in [-0.25, -0.2) is 4.89 Å². The monoisotopic (exact) mass is 388 g/mol. The van der Waals surface area contributed by atoms with Crippen LogP contribution in [0, 0.1) is 0 Å². The Kier molecular flexibility index (Phi) is 23.8. The fourth-order valence-corrected chi connectivity index (χ4v) is 3.80. The fourth-order valence-electron chi connectivity index (χ4n) is 2.96. The maximum Gasteiger partial charge on any atom is 1.00 e. The van der Waals surface area contributed by atoms with Gasteiger partial charge in [0.05, 0.1) is 12.9 Å². The molecule has 6 heteroatoms. The second-order valence-corrected chi connectivity index (χ2v) is 8.46. The number of rotatable bonds is 19. The summed E-state index contributed by atoms with van der Waals surface area (Å²) in [5, 5.41) is 0.